The van der Waals surface area contributed by atoms with E-state index in [1.165, 1.54) is 21.0 Å². The summed E-state index contributed by atoms with van der Waals surface area (Å²) in [5.41, 5.74) is 0. The molecule has 0 spiro atoms. The van der Waals surface area contributed by atoms with Crippen LogP contribution >= 0.6 is 0 Å². The van der Waals surface area contributed by atoms with Crippen molar-refractivity contribution >= 4 is 29.8 Å². The number of hydrogen-bond acceptors (Lipinski definition) is 9. The summed E-state index contributed by atoms with van der Waals surface area (Å²) < 4.78 is 21.3. The summed E-state index contributed by atoms with van der Waals surface area (Å²) in [7, 11) is 8.80. The molecule has 0 aromatic carbocycles. The number of esters is 4. The molecule has 42 heavy (non-hydrogen) atoms. The third-order valence-corrected chi connectivity index (χ3v) is 6.61. The Bertz CT molecular complexity index is 887. The number of nitrogens with one attached hydrogen (secondary N) is 1. The molecule has 242 valence electrons. The third kappa shape index (κ3) is 20.8. The van der Waals surface area contributed by atoms with Gasteiger partial charge < -0.3 is 33.2 Å². The predicted molar refractivity (Wildman–Crippen MR) is 158 cm³/mol. The molecule has 1 N–H and O–H groups in total. The lowest BCUT2D eigenvalue weighted by molar-refractivity contribution is -0.883. The Morgan fingerprint density at radius 3 is 1.90 bits per heavy atom. The predicted octanol–water partition coefficient (Wildman–Crippen LogP) is 2.14. The van der Waals surface area contributed by atoms with Gasteiger partial charge in [0.25, 0.3) is 5.91 Å². The van der Waals surface area contributed by atoms with Crippen molar-refractivity contribution in [2.45, 2.75) is 77.9 Å². The lowest BCUT2D eigenvalue weighted by atomic mass is 10.00. The molecule has 0 saturated carbocycles. The van der Waals surface area contributed by atoms with Crippen LogP contribution in [0.1, 0.15) is 65.7 Å². The minimum absolute atomic E-state index is 0.0551. The average molecular weight is 602 g/mol. The van der Waals surface area contributed by atoms with Crippen LogP contribution in [-0.2, 0) is 42.9 Å². The number of nitrogens with zero attached hydrogens (tertiary/aromatic N) is 2. The maximum absolute atomic E-state index is 13.2. The van der Waals surface area contributed by atoms with E-state index in [4.69, 9.17) is 14.2 Å². The Morgan fingerprint density at radius 2 is 1.38 bits per heavy atom. The van der Waals surface area contributed by atoms with Gasteiger partial charge in [-0.1, -0.05) is 38.3 Å². The molecule has 12 nitrogen and oxygen atoms in total. The van der Waals surface area contributed by atoms with Gasteiger partial charge in [-0.25, -0.2) is 4.79 Å². The van der Waals surface area contributed by atoms with Crippen LogP contribution in [0.5, 0.6) is 0 Å². The second-order valence-electron chi connectivity index (χ2n) is 11.8. The van der Waals surface area contributed by atoms with Gasteiger partial charge in [-0.2, -0.15) is 0 Å². The van der Waals surface area contributed by atoms with Crippen LogP contribution in [0.4, 0.5) is 0 Å². The molecule has 12 heteroatoms. The van der Waals surface area contributed by atoms with E-state index in [-0.39, 0.29) is 61.0 Å². The Morgan fingerprint density at radius 1 is 0.810 bits per heavy atom. The number of ether oxygens (including phenoxy) is 4. The van der Waals surface area contributed by atoms with Crippen molar-refractivity contribution in [3.05, 3.63) is 12.2 Å². The SMILES string of the molecule is CCCCCC(NC(=O)C[N+](C)(C)CCOC(C)=O)C(CC=CCCC(=O)OC)OC(=O)C[N+](C)(C)CCOC(C)=O. The number of quaternary nitrogens is 2. The minimum atomic E-state index is -0.627. The Hall–Kier alpha value is -2.99. The fourth-order valence-corrected chi connectivity index (χ4v) is 4.14. The maximum Gasteiger partial charge on any atom is 0.362 e. The summed E-state index contributed by atoms with van der Waals surface area (Å²) in [4.78, 5) is 60.0. The van der Waals surface area contributed by atoms with Gasteiger partial charge in [0.1, 0.15) is 32.4 Å². The summed E-state index contributed by atoms with van der Waals surface area (Å²) >= 11 is 0. The number of amides is 1. The molecule has 0 aliphatic rings. The number of unbranched alkanes of at least 4 members (excludes halogenated alkanes) is 2. The quantitative estimate of drug-likeness (QED) is 0.0651. The zero-order valence-electron chi connectivity index (χ0n) is 27.1. The number of likely N-dealkylation sites (N-methyl/N-ethyl adjacent to an activating group) is 2. The Balaban J connectivity index is 5.69. The molecule has 0 aliphatic heterocycles. The van der Waals surface area contributed by atoms with Gasteiger partial charge in [0, 0.05) is 26.7 Å². The summed E-state index contributed by atoms with van der Waals surface area (Å²) in [6.07, 6.45) is 7.58. The van der Waals surface area contributed by atoms with Crippen LogP contribution in [0.3, 0.4) is 0 Å². The first-order chi connectivity index (χ1) is 19.6. The van der Waals surface area contributed by atoms with Crippen LogP contribution in [0, 0.1) is 0 Å². The third-order valence-electron chi connectivity index (χ3n) is 6.61. The highest BCUT2D eigenvalue weighted by Crippen LogP contribution is 2.16. The topological polar surface area (TPSA) is 134 Å². The first-order valence-corrected chi connectivity index (χ1v) is 14.7. The van der Waals surface area contributed by atoms with Gasteiger partial charge in [-0.15, -0.1) is 0 Å². The van der Waals surface area contributed by atoms with Crippen LogP contribution < -0.4 is 5.32 Å². The van der Waals surface area contributed by atoms with Crippen molar-refractivity contribution in [3.63, 3.8) is 0 Å². The number of allylic oxidation sites excluding steroid dienone is 1. The molecule has 0 bridgehead atoms. The highest BCUT2D eigenvalue weighted by molar-refractivity contribution is 5.77. The van der Waals surface area contributed by atoms with E-state index in [0.717, 1.165) is 19.3 Å². The molecule has 0 aromatic heterocycles. The molecule has 0 fully saturated rings. The van der Waals surface area contributed by atoms with Gasteiger partial charge in [0.2, 0.25) is 0 Å². The second-order valence-corrected chi connectivity index (χ2v) is 11.8. The fraction of sp³-hybridized carbons (Fsp3) is 0.767. The van der Waals surface area contributed by atoms with E-state index in [2.05, 4.69) is 17.0 Å². The first kappa shape index (κ1) is 39.0. The summed E-state index contributed by atoms with van der Waals surface area (Å²) in [5, 5.41) is 3.10. The van der Waals surface area contributed by atoms with E-state index < -0.39 is 18.1 Å². The molecule has 0 heterocycles. The van der Waals surface area contributed by atoms with Crippen molar-refractivity contribution in [1.29, 1.82) is 0 Å². The first-order valence-electron chi connectivity index (χ1n) is 14.7. The number of carbonyl (C=O) groups excluding carboxylic acids is 5. The van der Waals surface area contributed by atoms with Gasteiger partial charge in [-0.3, -0.25) is 19.2 Å². The zero-order chi connectivity index (χ0) is 32.2. The summed E-state index contributed by atoms with van der Waals surface area (Å²) in [6, 6.07) is -0.427. The smallest absolute Gasteiger partial charge is 0.362 e. The Kier molecular flexibility index (Phi) is 19.3. The van der Waals surface area contributed by atoms with Crippen molar-refractivity contribution in [3.8, 4) is 0 Å². The molecule has 0 saturated heterocycles. The number of rotatable bonds is 22. The number of carbonyl (C=O) groups is 5. The van der Waals surface area contributed by atoms with Crippen LogP contribution in [-0.4, -0.2) is 126 Å². The molecule has 0 rings (SSSR count). The number of hydrogen-bond donors (Lipinski definition) is 1. The van der Waals surface area contributed by atoms with E-state index in [1.54, 1.807) is 0 Å². The second kappa shape index (κ2) is 20.8. The van der Waals surface area contributed by atoms with E-state index in [0.29, 0.717) is 36.8 Å². The van der Waals surface area contributed by atoms with Crippen LogP contribution in [0.15, 0.2) is 12.2 Å². The van der Waals surface area contributed by atoms with E-state index in [9.17, 15) is 24.0 Å². The van der Waals surface area contributed by atoms with E-state index >= 15 is 0 Å². The minimum Gasteiger partial charge on any atom is -0.469 e. The van der Waals surface area contributed by atoms with Gasteiger partial charge >= 0.3 is 23.9 Å². The normalized spacial score (nSPS) is 13.2. The summed E-state index contributed by atoms with van der Waals surface area (Å²) in [6.45, 7) is 6.28. The largest absolute Gasteiger partial charge is 0.469 e. The van der Waals surface area contributed by atoms with Crippen LogP contribution in [0.2, 0.25) is 0 Å². The van der Waals surface area contributed by atoms with E-state index in [1.807, 2.05) is 40.3 Å². The lowest BCUT2D eigenvalue weighted by Crippen LogP contribution is -2.54. The van der Waals surface area contributed by atoms with Crippen LogP contribution in [0.25, 0.3) is 0 Å². The molecule has 0 radical (unpaired) electrons. The van der Waals surface area contributed by atoms with Gasteiger partial charge in [0.15, 0.2) is 13.1 Å². The van der Waals surface area contributed by atoms with Gasteiger partial charge in [0.05, 0.1) is 41.3 Å². The maximum atomic E-state index is 13.2. The highest BCUT2D eigenvalue weighted by atomic mass is 16.5. The highest BCUT2D eigenvalue weighted by Gasteiger charge is 2.31. The number of methoxy groups -OCH3 is 1. The van der Waals surface area contributed by atoms with Crippen molar-refractivity contribution < 1.29 is 51.9 Å². The van der Waals surface area contributed by atoms with Crippen molar-refractivity contribution in [1.82, 2.24) is 5.32 Å². The molecule has 0 aromatic rings. The monoisotopic (exact) mass is 601 g/mol. The summed E-state index contributed by atoms with van der Waals surface area (Å²) in [5.74, 6) is -1.68. The van der Waals surface area contributed by atoms with Crippen molar-refractivity contribution in [2.75, 3.05) is 74.7 Å². The molecule has 2 atom stereocenters. The van der Waals surface area contributed by atoms with Gasteiger partial charge in [-0.05, 0) is 12.8 Å². The van der Waals surface area contributed by atoms with Crippen molar-refractivity contribution in [2.24, 2.45) is 0 Å². The molecule has 0 aliphatic carbocycles. The molecular formula is C30H55N3O9+2. The standard InChI is InChI=1S/C30H54N3O9/c1-9-10-12-15-26(31-28(36)22-32(4,5)18-20-40-24(2)34)27(16-13-11-14-17-29(37)39-8)42-30(38)23-33(6,7)19-21-41-25(3)35/h11,13,26-27H,9-10,12,14-23H2,1-8H3/q+1/p+1. The molecular weight excluding hydrogens is 546 g/mol. The average Bonchev–Trinajstić information content (AvgIpc) is 2.85. The Labute approximate surface area is 251 Å². The lowest BCUT2D eigenvalue weighted by Gasteiger charge is -2.33. The molecule has 1 amide bonds. The zero-order valence-corrected chi connectivity index (χ0v) is 27.1. The molecule has 2 unspecified atom stereocenters. The fourth-order valence-electron chi connectivity index (χ4n) is 4.14.